The second-order valence-corrected chi connectivity index (χ2v) is 2.84. The highest BCUT2D eigenvalue weighted by molar-refractivity contribution is 5.80. The summed E-state index contributed by atoms with van der Waals surface area (Å²) in [6.07, 6.45) is -4.78. The van der Waals surface area contributed by atoms with Gasteiger partial charge < -0.3 is 11.1 Å². The summed E-state index contributed by atoms with van der Waals surface area (Å²) in [5.41, 5.74) is 5.27. The zero-order valence-electron chi connectivity index (χ0n) is 6.19. The van der Waals surface area contributed by atoms with Gasteiger partial charge in [-0.3, -0.25) is 4.79 Å². The van der Waals surface area contributed by atoms with Crippen molar-refractivity contribution in [2.24, 2.45) is 11.7 Å². The predicted octanol–water partition coefficient (Wildman–Crippen LogP) is 0.0121. The van der Waals surface area contributed by atoms with Gasteiger partial charge in [0.15, 0.2) is 0 Å². The Bertz CT molecular complexity index is 192. The van der Waals surface area contributed by atoms with E-state index in [1.54, 1.807) is 0 Å². The Kier molecular flexibility index (Phi) is 2.27. The number of hydrogen-bond acceptors (Lipinski definition) is 2. The van der Waals surface area contributed by atoms with E-state index >= 15 is 0 Å². The Morgan fingerprint density at radius 3 is 2.50 bits per heavy atom. The number of alkyl halides is 3. The predicted molar refractivity (Wildman–Crippen MR) is 35.1 cm³/mol. The molecule has 6 heteroatoms. The molecule has 1 aliphatic rings. The van der Waals surface area contributed by atoms with Gasteiger partial charge >= 0.3 is 6.18 Å². The first-order valence-electron chi connectivity index (χ1n) is 3.51. The molecular weight excluding hydrogens is 173 g/mol. The van der Waals surface area contributed by atoms with Crippen LogP contribution in [0.3, 0.4) is 0 Å². The van der Waals surface area contributed by atoms with E-state index in [9.17, 15) is 18.0 Å². The zero-order valence-corrected chi connectivity index (χ0v) is 6.19. The van der Waals surface area contributed by atoms with Gasteiger partial charge in [0.25, 0.3) is 0 Å². The smallest absolute Gasteiger partial charge is 0.354 e. The Hall–Kier alpha value is -0.780. The molecule has 1 saturated heterocycles. The highest BCUT2D eigenvalue weighted by Crippen LogP contribution is 2.31. The van der Waals surface area contributed by atoms with Gasteiger partial charge in [0.1, 0.15) is 5.92 Å². The van der Waals surface area contributed by atoms with E-state index in [1.165, 1.54) is 0 Å². The van der Waals surface area contributed by atoms with Crippen LogP contribution < -0.4 is 11.1 Å². The fourth-order valence-corrected chi connectivity index (χ4v) is 1.13. The van der Waals surface area contributed by atoms with Gasteiger partial charge in [-0.05, 0) is 6.42 Å². The molecule has 1 heterocycles. The van der Waals surface area contributed by atoms with Crippen molar-refractivity contribution in [1.29, 1.82) is 0 Å². The molecule has 0 radical (unpaired) electrons. The molecular formula is C6H9F3N2O. The molecule has 12 heavy (non-hydrogen) atoms. The highest BCUT2D eigenvalue weighted by Gasteiger charge is 2.47. The van der Waals surface area contributed by atoms with Crippen molar-refractivity contribution < 1.29 is 18.0 Å². The molecule has 0 aromatic rings. The third-order valence-corrected chi connectivity index (χ3v) is 1.79. The Balaban J connectivity index is 2.68. The molecule has 0 saturated carbocycles. The van der Waals surface area contributed by atoms with Crippen molar-refractivity contribution in [3.8, 4) is 0 Å². The zero-order chi connectivity index (χ0) is 9.35. The van der Waals surface area contributed by atoms with Crippen LogP contribution in [0.4, 0.5) is 13.2 Å². The summed E-state index contributed by atoms with van der Waals surface area (Å²) < 4.78 is 36.1. The van der Waals surface area contributed by atoms with Crippen LogP contribution in [0.25, 0.3) is 0 Å². The van der Waals surface area contributed by atoms with E-state index in [0.29, 0.717) is 0 Å². The number of carbonyl (C=O) groups is 1. The van der Waals surface area contributed by atoms with Crippen LogP contribution in [0.1, 0.15) is 6.42 Å². The van der Waals surface area contributed by atoms with Crippen LogP contribution in [-0.4, -0.2) is 24.7 Å². The minimum absolute atomic E-state index is 0.130. The molecule has 3 nitrogen and oxygen atoms in total. The molecule has 70 valence electrons. The molecule has 1 amide bonds. The minimum atomic E-state index is -4.47. The van der Waals surface area contributed by atoms with Crippen molar-refractivity contribution in [2.75, 3.05) is 6.54 Å². The van der Waals surface area contributed by atoms with Gasteiger partial charge in [-0.1, -0.05) is 0 Å². The monoisotopic (exact) mass is 182 g/mol. The SMILES string of the molecule is NC1CNC(=O)C(C(F)(F)F)C1. The molecule has 2 atom stereocenters. The maximum atomic E-state index is 12.0. The van der Waals surface area contributed by atoms with Gasteiger partial charge in [0, 0.05) is 12.6 Å². The lowest BCUT2D eigenvalue weighted by molar-refractivity contribution is -0.187. The fourth-order valence-electron chi connectivity index (χ4n) is 1.13. The van der Waals surface area contributed by atoms with E-state index in [-0.39, 0.29) is 13.0 Å². The first-order valence-corrected chi connectivity index (χ1v) is 3.51. The lowest BCUT2D eigenvalue weighted by atomic mass is 9.95. The van der Waals surface area contributed by atoms with Gasteiger partial charge in [0.05, 0.1) is 0 Å². The van der Waals surface area contributed by atoms with Crippen LogP contribution in [0, 0.1) is 5.92 Å². The summed E-state index contributed by atoms with van der Waals surface area (Å²) in [6, 6.07) is -0.589. The van der Waals surface area contributed by atoms with Gasteiger partial charge in [-0.15, -0.1) is 0 Å². The van der Waals surface area contributed by atoms with Gasteiger partial charge in [-0.25, -0.2) is 0 Å². The van der Waals surface area contributed by atoms with Crippen molar-refractivity contribution in [1.82, 2.24) is 5.32 Å². The third-order valence-electron chi connectivity index (χ3n) is 1.79. The Morgan fingerprint density at radius 1 is 1.50 bits per heavy atom. The molecule has 3 N–H and O–H groups in total. The number of rotatable bonds is 0. The minimum Gasteiger partial charge on any atom is -0.354 e. The van der Waals surface area contributed by atoms with Crippen LogP contribution in [0.2, 0.25) is 0 Å². The summed E-state index contributed by atoms with van der Waals surface area (Å²) in [7, 11) is 0. The van der Waals surface area contributed by atoms with E-state index in [2.05, 4.69) is 5.32 Å². The number of piperidine rings is 1. The lowest BCUT2D eigenvalue weighted by Crippen LogP contribution is -2.52. The molecule has 0 aliphatic carbocycles. The van der Waals surface area contributed by atoms with Crippen LogP contribution in [-0.2, 0) is 4.79 Å². The van der Waals surface area contributed by atoms with Gasteiger partial charge in [-0.2, -0.15) is 13.2 Å². The summed E-state index contributed by atoms with van der Waals surface area (Å²) in [4.78, 5) is 10.7. The third kappa shape index (κ3) is 1.88. The molecule has 0 aromatic heterocycles. The first-order chi connectivity index (χ1) is 5.41. The molecule has 1 aliphatic heterocycles. The van der Waals surface area contributed by atoms with Crippen molar-refractivity contribution in [2.45, 2.75) is 18.6 Å². The van der Waals surface area contributed by atoms with Crippen LogP contribution in [0.5, 0.6) is 0 Å². The quantitative estimate of drug-likeness (QED) is 0.554. The van der Waals surface area contributed by atoms with Gasteiger partial charge in [0.2, 0.25) is 5.91 Å². The summed E-state index contributed by atoms with van der Waals surface area (Å²) in [5, 5.41) is 2.10. The Labute approximate surface area is 67.1 Å². The summed E-state index contributed by atoms with van der Waals surface area (Å²) in [5.74, 6) is -2.90. The summed E-state index contributed by atoms with van der Waals surface area (Å²) >= 11 is 0. The van der Waals surface area contributed by atoms with E-state index in [1.807, 2.05) is 0 Å². The first kappa shape index (κ1) is 9.31. The maximum Gasteiger partial charge on any atom is 0.400 e. The second-order valence-electron chi connectivity index (χ2n) is 2.84. The van der Waals surface area contributed by atoms with Crippen LogP contribution in [0.15, 0.2) is 0 Å². The second kappa shape index (κ2) is 2.93. The molecule has 0 bridgehead atoms. The largest absolute Gasteiger partial charge is 0.400 e. The van der Waals surface area contributed by atoms with Crippen molar-refractivity contribution in [3.63, 3.8) is 0 Å². The summed E-state index contributed by atoms with van der Waals surface area (Å²) in [6.45, 7) is 0.130. The number of carbonyl (C=O) groups excluding carboxylic acids is 1. The number of amides is 1. The van der Waals surface area contributed by atoms with Crippen molar-refractivity contribution in [3.05, 3.63) is 0 Å². The van der Waals surface area contributed by atoms with E-state index in [4.69, 9.17) is 5.73 Å². The normalized spacial score (nSPS) is 31.5. The highest BCUT2D eigenvalue weighted by atomic mass is 19.4. The number of halogens is 3. The molecule has 1 rings (SSSR count). The van der Waals surface area contributed by atoms with Crippen LogP contribution >= 0.6 is 0 Å². The maximum absolute atomic E-state index is 12.0. The van der Waals surface area contributed by atoms with E-state index in [0.717, 1.165) is 0 Å². The molecule has 2 unspecified atom stereocenters. The average Bonchev–Trinajstić information content (AvgIpc) is 1.92. The fraction of sp³-hybridized carbons (Fsp3) is 0.833. The molecule has 1 fully saturated rings. The van der Waals surface area contributed by atoms with E-state index < -0.39 is 24.0 Å². The topological polar surface area (TPSA) is 55.1 Å². The number of hydrogen-bond donors (Lipinski definition) is 2. The standard InChI is InChI=1S/C6H9F3N2O/c7-6(8,9)4-1-3(10)2-11-5(4)12/h3-4H,1-2,10H2,(H,11,12). The Morgan fingerprint density at radius 2 is 2.08 bits per heavy atom. The molecule has 0 spiro atoms. The van der Waals surface area contributed by atoms with Crippen molar-refractivity contribution >= 4 is 5.91 Å². The average molecular weight is 182 g/mol. The lowest BCUT2D eigenvalue weighted by Gasteiger charge is -2.27. The molecule has 0 aromatic carbocycles. The number of nitrogens with one attached hydrogen (secondary N) is 1. The number of nitrogens with two attached hydrogens (primary N) is 1.